The molecule has 2 atom stereocenters. The topological polar surface area (TPSA) is 24.9 Å². The monoisotopic (exact) mass is 180 g/mol. The maximum absolute atomic E-state index is 4.13. The first-order chi connectivity index (χ1) is 5.90. The van der Waals surface area contributed by atoms with Gasteiger partial charge in [-0.25, -0.2) is 0 Å². The molecule has 0 fully saturated rings. The molecule has 0 saturated carbocycles. The summed E-state index contributed by atoms with van der Waals surface area (Å²) in [5.74, 6) is 0.765. The van der Waals surface area contributed by atoms with Crippen LogP contribution in [0.4, 0.5) is 0 Å². The lowest BCUT2D eigenvalue weighted by Crippen LogP contribution is -2.14. The molecule has 0 aliphatic heterocycles. The molecule has 1 heterocycles. The average Bonchev–Trinajstić information content (AvgIpc) is 2.47. The highest BCUT2D eigenvalue weighted by Crippen LogP contribution is 2.24. The number of fused-ring (bicyclic) bond motifs is 1. The minimum Gasteiger partial charge on any atom is -0.300 e. The Bertz CT molecular complexity index is 250. The van der Waals surface area contributed by atoms with Crippen molar-refractivity contribution in [3.05, 3.63) is 29.6 Å². The Labute approximate surface area is 75.0 Å². The minimum atomic E-state index is 0.765. The number of nitrogens with zero attached hydrogens (tertiary/aromatic N) is 1. The zero-order chi connectivity index (χ0) is 8.39. The van der Waals surface area contributed by atoms with Gasteiger partial charge in [0.25, 0.3) is 0 Å². The van der Waals surface area contributed by atoms with Gasteiger partial charge in [0.2, 0.25) is 0 Å². The lowest BCUT2D eigenvalue weighted by molar-refractivity contribution is 0.557. The molecule has 1 aliphatic rings. The van der Waals surface area contributed by atoms with Gasteiger partial charge in [0.05, 0.1) is 0 Å². The van der Waals surface area contributed by atoms with E-state index in [9.17, 15) is 0 Å². The van der Waals surface area contributed by atoms with Crippen molar-refractivity contribution in [2.75, 3.05) is 6.54 Å². The second kappa shape index (κ2) is 3.51. The molecule has 1 aromatic heterocycles. The van der Waals surface area contributed by atoms with Crippen LogP contribution in [0.5, 0.6) is 0 Å². The molecule has 0 aromatic carbocycles. The zero-order valence-corrected chi connectivity index (χ0v) is 8.11. The highest BCUT2D eigenvalue weighted by atomic mass is 31.0. The summed E-state index contributed by atoms with van der Waals surface area (Å²) in [7, 11) is 2.56. The number of hydrogen-bond acceptors (Lipinski definition) is 2. The maximum atomic E-state index is 4.13. The van der Waals surface area contributed by atoms with Crippen molar-refractivity contribution in [2.45, 2.75) is 12.8 Å². The third-order valence-electron chi connectivity index (χ3n) is 2.43. The molecule has 0 saturated heterocycles. The molecule has 0 spiro atoms. The van der Waals surface area contributed by atoms with Crippen LogP contribution in [0.3, 0.4) is 0 Å². The van der Waals surface area contributed by atoms with Crippen LogP contribution in [0.25, 0.3) is 0 Å². The van der Waals surface area contributed by atoms with Crippen LogP contribution in [0.15, 0.2) is 18.5 Å². The van der Waals surface area contributed by atoms with Gasteiger partial charge < -0.3 is 5.09 Å². The Morgan fingerprint density at radius 3 is 3.08 bits per heavy atom. The first kappa shape index (κ1) is 8.15. The number of aromatic nitrogens is 1. The Hall–Kier alpha value is -0.460. The van der Waals surface area contributed by atoms with Gasteiger partial charge in [-0.3, -0.25) is 4.98 Å². The second-order valence-corrected chi connectivity index (χ2v) is 3.74. The van der Waals surface area contributed by atoms with Gasteiger partial charge in [-0.1, -0.05) is 9.39 Å². The lowest BCUT2D eigenvalue weighted by atomic mass is 10.1. The molecule has 64 valence electrons. The van der Waals surface area contributed by atoms with E-state index in [1.165, 1.54) is 24.0 Å². The van der Waals surface area contributed by atoms with Crippen molar-refractivity contribution in [3.8, 4) is 0 Å². The fourth-order valence-electron chi connectivity index (χ4n) is 1.84. The SMILES string of the molecule is PNCC1Cc2ccncc2C1. The van der Waals surface area contributed by atoms with Crippen LogP contribution < -0.4 is 5.09 Å². The molecule has 0 bridgehead atoms. The number of nitrogens with one attached hydrogen (secondary N) is 1. The third-order valence-corrected chi connectivity index (χ3v) is 2.66. The fraction of sp³-hybridized carbons (Fsp3) is 0.444. The Kier molecular flexibility index (Phi) is 2.38. The van der Waals surface area contributed by atoms with E-state index in [1.54, 1.807) is 0 Å². The molecule has 3 heteroatoms. The first-order valence-electron chi connectivity index (χ1n) is 4.25. The van der Waals surface area contributed by atoms with Crippen LogP contribution >= 0.6 is 9.39 Å². The summed E-state index contributed by atoms with van der Waals surface area (Å²) in [5.41, 5.74) is 2.91. The van der Waals surface area contributed by atoms with Gasteiger partial charge >= 0.3 is 0 Å². The summed E-state index contributed by atoms with van der Waals surface area (Å²) in [6.45, 7) is 1.08. The van der Waals surface area contributed by atoms with Crippen molar-refractivity contribution in [2.24, 2.45) is 5.92 Å². The molecule has 12 heavy (non-hydrogen) atoms. The van der Waals surface area contributed by atoms with Gasteiger partial charge in [0, 0.05) is 18.9 Å². The molecule has 0 radical (unpaired) electrons. The van der Waals surface area contributed by atoms with Gasteiger partial charge in [0.15, 0.2) is 0 Å². The van der Waals surface area contributed by atoms with Crippen molar-refractivity contribution in [1.82, 2.24) is 10.1 Å². The second-order valence-electron chi connectivity index (χ2n) is 3.33. The summed E-state index contributed by atoms with van der Waals surface area (Å²) in [5, 5.41) is 3.14. The van der Waals surface area contributed by atoms with E-state index in [1.807, 2.05) is 12.4 Å². The first-order valence-corrected chi connectivity index (χ1v) is 4.83. The quantitative estimate of drug-likeness (QED) is 0.691. The Morgan fingerprint density at radius 1 is 1.50 bits per heavy atom. The zero-order valence-electron chi connectivity index (χ0n) is 6.96. The number of hydrogen-bond donors (Lipinski definition) is 1. The van der Waals surface area contributed by atoms with E-state index in [0.717, 1.165) is 12.5 Å². The highest BCUT2D eigenvalue weighted by molar-refractivity contribution is 7.13. The van der Waals surface area contributed by atoms with Crippen LogP contribution in [-0.2, 0) is 12.8 Å². The normalized spacial score (nSPS) is 20.9. The molecular formula is C9H13N2P. The Balaban J connectivity index is 2.11. The maximum Gasteiger partial charge on any atom is 0.0302 e. The molecule has 1 N–H and O–H groups in total. The van der Waals surface area contributed by atoms with Crippen molar-refractivity contribution >= 4 is 9.39 Å². The van der Waals surface area contributed by atoms with Gasteiger partial charge in [-0.05, 0) is 36.0 Å². The van der Waals surface area contributed by atoms with Crippen LogP contribution in [-0.4, -0.2) is 11.5 Å². The highest BCUT2D eigenvalue weighted by Gasteiger charge is 2.19. The van der Waals surface area contributed by atoms with E-state index in [0.29, 0.717) is 0 Å². The standard InChI is InChI=1S/C9H13N2P/c12-11-5-7-3-8-1-2-10-6-9(8)4-7/h1-2,6-7,11H,3-5,12H2. The molecule has 1 aromatic rings. The summed E-state index contributed by atoms with van der Waals surface area (Å²) in [6.07, 6.45) is 6.28. The fourth-order valence-corrected chi connectivity index (χ4v) is 2.18. The number of pyridine rings is 1. The molecule has 2 rings (SSSR count). The Morgan fingerprint density at radius 2 is 2.33 bits per heavy atom. The van der Waals surface area contributed by atoms with Crippen molar-refractivity contribution in [3.63, 3.8) is 0 Å². The smallest absolute Gasteiger partial charge is 0.0302 e. The van der Waals surface area contributed by atoms with E-state index in [4.69, 9.17) is 0 Å². The predicted octanol–water partition coefficient (Wildman–Crippen LogP) is 1.18. The largest absolute Gasteiger partial charge is 0.300 e. The molecule has 2 unspecified atom stereocenters. The van der Waals surface area contributed by atoms with Crippen molar-refractivity contribution in [1.29, 1.82) is 0 Å². The summed E-state index contributed by atoms with van der Waals surface area (Å²) in [6, 6.07) is 2.14. The lowest BCUT2D eigenvalue weighted by Gasteiger charge is -2.05. The average molecular weight is 180 g/mol. The predicted molar refractivity (Wildman–Crippen MR) is 52.8 cm³/mol. The van der Waals surface area contributed by atoms with Gasteiger partial charge in [-0.15, -0.1) is 0 Å². The van der Waals surface area contributed by atoms with Crippen LogP contribution in [0.2, 0.25) is 0 Å². The van der Waals surface area contributed by atoms with E-state index in [2.05, 4.69) is 25.5 Å². The number of rotatable bonds is 2. The summed E-state index contributed by atoms with van der Waals surface area (Å²) < 4.78 is 0. The van der Waals surface area contributed by atoms with Crippen LogP contribution in [0, 0.1) is 5.92 Å². The van der Waals surface area contributed by atoms with E-state index < -0.39 is 0 Å². The van der Waals surface area contributed by atoms with Crippen molar-refractivity contribution < 1.29 is 0 Å². The van der Waals surface area contributed by atoms with Crippen LogP contribution in [0.1, 0.15) is 11.1 Å². The molecule has 2 nitrogen and oxygen atoms in total. The van der Waals surface area contributed by atoms with Gasteiger partial charge in [-0.2, -0.15) is 0 Å². The van der Waals surface area contributed by atoms with E-state index in [-0.39, 0.29) is 0 Å². The molecule has 1 aliphatic carbocycles. The summed E-state index contributed by atoms with van der Waals surface area (Å²) in [4.78, 5) is 4.13. The van der Waals surface area contributed by atoms with E-state index >= 15 is 0 Å². The third kappa shape index (κ3) is 1.50. The van der Waals surface area contributed by atoms with Gasteiger partial charge in [0.1, 0.15) is 0 Å². The molecule has 0 amide bonds. The minimum absolute atomic E-state index is 0.765. The molecular weight excluding hydrogens is 167 g/mol. The summed E-state index contributed by atoms with van der Waals surface area (Å²) >= 11 is 0.